The van der Waals surface area contributed by atoms with Gasteiger partial charge in [-0.1, -0.05) is 13.8 Å². The first kappa shape index (κ1) is 10.2. The molecule has 1 aromatic rings. The number of amides is 1. The monoisotopic (exact) mass is 198 g/mol. The number of thiophene rings is 1. The van der Waals surface area contributed by atoms with Crippen molar-refractivity contribution < 1.29 is 4.79 Å². The van der Waals surface area contributed by atoms with E-state index in [0.29, 0.717) is 12.6 Å². The van der Waals surface area contributed by atoms with Crippen LogP contribution in [-0.4, -0.2) is 18.5 Å². The van der Waals surface area contributed by atoms with Gasteiger partial charge in [0.1, 0.15) is 0 Å². The highest BCUT2D eigenvalue weighted by molar-refractivity contribution is 7.08. The van der Waals surface area contributed by atoms with Crippen molar-refractivity contribution in [3.63, 3.8) is 0 Å². The first-order chi connectivity index (χ1) is 6.18. The quantitative estimate of drug-likeness (QED) is 0.773. The minimum atomic E-state index is 0.00657. The first-order valence-corrected chi connectivity index (χ1v) is 5.18. The standard InChI is InChI=1S/C9H14N2OS/c1-7(2)10-5-9(12)11-8-3-4-13-6-8/h3-4,6-7,10H,5H2,1-2H3,(H,11,12). The van der Waals surface area contributed by atoms with E-state index < -0.39 is 0 Å². The number of rotatable bonds is 4. The fraction of sp³-hybridized carbons (Fsp3) is 0.444. The molecule has 0 aliphatic heterocycles. The van der Waals surface area contributed by atoms with Gasteiger partial charge in [-0.3, -0.25) is 4.79 Å². The molecule has 0 unspecified atom stereocenters. The lowest BCUT2D eigenvalue weighted by Crippen LogP contribution is -2.32. The average Bonchev–Trinajstić information content (AvgIpc) is 2.53. The Hall–Kier alpha value is -0.870. The third-order valence-corrected chi connectivity index (χ3v) is 2.16. The molecule has 0 saturated carbocycles. The summed E-state index contributed by atoms with van der Waals surface area (Å²) in [6.45, 7) is 4.39. The Kier molecular flexibility index (Phi) is 3.92. The third-order valence-electron chi connectivity index (χ3n) is 1.48. The second kappa shape index (κ2) is 4.99. The zero-order valence-electron chi connectivity index (χ0n) is 7.83. The summed E-state index contributed by atoms with van der Waals surface area (Å²) in [5.41, 5.74) is 0.876. The van der Waals surface area contributed by atoms with Crippen LogP contribution in [0.15, 0.2) is 16.8 Å². The fourth-order valence-electron chi connectivity index (χ4n) is 0.838. The molecule has 1 rings (SSSR count). The van der Waals surface area contributed by atoms with Crippen molar-refractivity contribution in [1.82, 2.24) is 5.32 Å². The van der Waals surface area contributed by atoms with Crippen LogP contribution in [0.5, 0.6) is 0 Å². The second-order valence-electron chi connectivity index (χ2n) is 3.10. The van der Waals surface area contributed by atoms with Crippen molar-refractivity contribution in [1.29, 1.82) is 0 Å². The smallest absolute Gasteiger partial charge is 0.238 e. The van der Waals surface area contributed by atoms with Gasteiger partial charge in [-0.25, -0.2) is 0 Å². The van der Waals surface area contributed by atoms with E-state index in [-0.39, 0.29) is 5.91 Å². The topological polar surface area (TPSA) is 41.1 Å². The molecular weight excluding hydrogens is 184 g/mol. The molecule has 13 heavy (non-hydrogen) atoms. The minimum absolute atomic E-state index is 0.00657. The first-order valence-electron chi connectivity index (χ1n) is 4.24. The zero-order chi connectivity index (χ0) is 9.68. The summed E-state index contributed by atoms with van der Waals surface area (Å²) in [5.74, 6) is 0.00657. The Balaban J connectivity index is 2.26. The van der Waals surface area contributed by atoms with Crippen molar-refractivity contribution in [2.45, 2.75) is 19.9 Å². The largest absolute Gasteiger partial charge is 0.324 e. The molecule has 0 atom stereocenters. The lowest BCUT2D eigenvalue weighted by atomic mass is 10.4. The number of hydrogen-bond acceptors (Lipinski definition) is 3. The van der Waals surface area contributed by atoms with Gasteiger partial charge < -0.3 is 10.6 Å². The summed E-state index contributed by atoms with van der Waals surface area (Å²) in [6.07, 6.45) is 0. The van der Waals surface area contributed by atoms with Crippen LogP contribution in [0.4, 0.5) is 5.69 Å². The van der Waals surface area contributed by atoms with Crippen LogP contribution in [0.3, 0.4) is 0 Å². The molecule has 2 N–H and O–H groups in total. The molecule has 4 heteroatoms. The average molecular weight is 198 g/mol. The molecule has 0 fully saturated rings. The Morgan fingerprint density at radius 1 is 1.62 bits per heavy atom. The molecular formula is C9H14N2OS. The Bertz CT molecular complexity index is 257. The zero-order valence-corrected chi connectivity index (χ0v) is 8.65. The highest BCUT2D eigenvalue weighted by Gasteiger charge is 2.02. The molecule has 0 aliphatic rings. The van der Waals surface area contributed by atoms with Crippen LogP contribution in [0.25, 0.3) is 0 Å². The number of hydrogen-bond donors (Lipinski definition) is 2. The Morgan fingerprint density at radius 2 is 2.38 bits per heavy atom. The van der Waals surface area contributed by atoms with Crippen LogP contribution in [-0.2, 0) is 4.79 Å². The molecule has 0 radical (unpaired) electrons. The maximum absolute atomic E-state index is 11.2. The summed E-state index contributed by atoms with van der Waals surface area (Å²) < 4.78 is 0. The van der Waals surface area contributed by atoms with Gasteiger partial charge in [0.15, 0.2) is 0 Å². The molecule has 1 heterocycles. The molecule has 0 spiro atoms. The van der Waals surface area contributed by atoms with E-state index in [1.165, 1.54) is 0 Å². The van der Waals surface area contributed by atoms with Crippen LogP contribution < -0.4 is 10.6 Å². The predicted molar refractivity (Wildman–Crippen MR) is 56.1 cm³/mol. The molecule has 1 amide bonds. The van der Waals surface area contributed by atoms with E-state index in [4.69, 9.17) is 0 Å². The second-order valence-corrected chi connectivity index (χ2v) is 3.88. The summed E-state index contributed by atoms with van der Waals surface area (Å²) in [6, 6.07) is 2.23. The number of carbonyl (C=O) groups excluding carboxylic acids is 1. The predicted octanol–water partition coefficient (Wildman–Crippen LogP) is 1.68. The van der Waals surface area contributed by atoms with Gasteiger partial charge in [-0.15, -0.1) is 0 Å². The van der Waals surface area contributed by atoms with Crippen molar-refractivity contribution in [3.05, 3.63) is 16.8 Å². The van der Waals surface area contributed by atoms with Crippen molar-refractivity contribution in [3.8, 4) is 0 Å². The van der Waals surface area contributed by atoms with Crippen LogP contribution in [0.2, 0.25) is 0 Å². The summed E-state index contributed by atoms with van der Waals surface area (Å²) in [5, 5.41) is 9.68. The van der Waals surface area contributed by atoms with Crippen LogP contribution in [0.1, 0.15) is 13.8 Å². The van der Waals surface area contributed by atoms with Gasteiger partial charge in [0.2, 0.25) is 5.91 Å². The van der Waals surface area contributed by atoms with E-state index in [1.54, 1.807) is 11.3 Å². The fourth-order valence-corrected chi connectivity index (χ4v) is 1.43. The molecule has 72 valence electrons. The van der Waals surface area contributed by atoms with E-state index in [1.807, 2.05) is 30.7 Å². The lowest BCUT2D eigenvalue weighted by Gasteiger charge is -2.07. The highest BCUT2D eigenvalue weighted by atomic mass is 32.1. The van der Waals surface area contributed by atoms with Gasteiger partial charge in [0, 0.05) is 11.4 Å². The SMILES string of the molecule is CC(C)NCC(=O)Nc1ccsc1. The van der Waals surface area contributed by atoms with Gasteiger partial charge in [0.05, 0.1) is 12.2 Å². The van der Waals surface area contributed by atoms with Crippen molar-refractivity contribution in [2.75, 3.05) is 11.9 Å². The van der Waals surface area contributed by atoms with E-state index in [9.17, 15) is 4.79 Å². The summed E-state index contributed by atoms with van der Waals surface area (Å²) in [7, 11) is 0. The lowest BCUT2D eigenvalue weighted by molar-refractivity contribution is -0.115. The molecule has 0 saturated heterocycles. The Morgan fingerprint density at radius 3 is 2.92 bits per heavy atom. The minimum Gasteiger partial charge on any atom is -0.324 e. The molecule has 0 bridgehead atoms. The van der Waals surface area contributed by atoms with Crippen LogP contribution in [0, 0.1) is 0 Å². The maximum Gasteiger partial charge on any atom is 0.238 e. The summed E-state index contributed by atoms with van der Waals surface area (Å²) >= 11 is 1.57. The van der Waals surface area contributed by atoms with Gasteiger partial charge in [-0.05, 0) is 11.4 Å². The third kappa shape index (κ3) is 4.05. The number of nitrogens with one attached hydrogen (secondary N) is 2. The van der Waals surface area contributed by atoms with Crippen molar-refractivity contribution in [2.24, 2.45) is 0 Å². The highest BCUT2D eigenvalue weighted by Crippen LogP contribution is 2.10. The normalized spacial score (nSPS) is 10.4. The molecule has 0 aliphatic carbocycles. The maximum atomic E-state index is 11.2. The van der Waals surface area contributed by atoms with E-state index in [2.05, 4.69) is 10.6 Å². The molecule has 3 nitrogen and oxygen atoms in total. The summed E-state index contributed by atoms with van der Waals surface area (Å²) in [4.78, 5) is 11.2. The molecule has 0 aromatic carbocycles. The van der Waals surface area contributed by atoms with Gasteiger partial charge in [0.25, 0.3) is 0 Å². The van der Waals surface area contributed by atoms with E-state index >= 15 is 0 Å². The van der Waals surface area contributed by atoms with E-state index in [0.717, 1.165) is 5.69 Å². The number of anilines is 1. The van der Waals surface area contributed by atoms with Crippen molar-refractivity contribution >= 4 is 22.9 Å². The molecule has 1 aromatic heterocycles. The van der Waals surface area contributed by atoms with Gasteiger partial charge >= 0.3 is 0 Å². The van der Waals surface area contributed by atoms with Crippen LogP contribution >= 0.6 is 11.3 Å². The number of carbonyl (C=O) groups is 1. The Labute approximate surface area is 82.2 Å². The van der Waals surface area contributed by atoms with Gasteiger partial charge in [-0.2, -0.15) is 11.3 Å².